The standard InChI is InChI=1S/C17H30N6O2/c1-17(2,18)16(24)23-6-4-5-13(11-23)15-20-19-14(21(15)3)12-22-7-9-25-10-8-22/h13H,4-12,18H2,1-3H3/t13-/m0/s1. The number of hydrogen-bond acceptors (Lipinski definition) is 6. The fourth-order valence-corrected chi connectivity index (χ4v) is 3.61. The number of piperidine rings is 1. The van der Waals surface area contributed by atoms with Gasteiger partial charge in [-0.15, -0.1) is 10.2 Å². The molecule has 25 heavy (non-hydrogen) atoms. The molecule has 0 bridgehead atoms. The summed E-state index contributed by atoms with van der Waals surface area (Å²) in [6, 6.07) is 0. The Morgan fingerprint density at radius 2 is 2.00 bits per heavy atom. The Bertz CT molecular complexity index is 603. The van der Waals surface area contributed by atoms with E-state index in [4.69, 9.17) is 10.5 Å². The molecule has 0 aliphatic carbocycles. The van der Waals surface area contributed by atoms with Gasteiger partial charge in [0.2, 0.25) is 5.91 Å². The molecule has 2 aliphatic heterocycles. The van der Waals surface area contributed by atoms with Crippen molar-refractivity contribution in [2.75, 3.05) is 39.4 Å². The van der Waals surface area contributed by atoms with E-state index >= 15 is 0 Å². The van der Waals surface area contributed by atoms with E-state index < -0.39 is 5.54 Å². The maximum atomic E-state index is 12.5. The van der Waals surface area contributed by atoms with Gasteiger partial charge in [0.1, 0.15) is 11.6 Å². The van der Waals surface area contributed by atoms with E-state index in [-0.39, 0.29) is 11.8 Å². The first-order chi connectivity index (χ1) is 11.9. The number of aromatic nitrogens is 3. The molecule has 0 aromatic carbocycles. The van der Waals surface area contributed by atoms with Crippen molar-refractivity contribution in [3.8, 4) is 0 Å². The molecule has 8 nitrogen and oxygen atoms in total. The van der Waals surface area contributed by atoms with Gasteiger partial charge in [-0.3, -0.25) is 9.69 Å². The van der Waals surface area contributed by atoms with Gasteiger partial charge in [-0.1, -0.05) is 0 Å². The summed E-state index contributed by atoms with van der Waals surface area (Å²) in [7, 11) is 2.03. The van der Waals surface area contributed by atoms with Gasteiger partial charge in [0.15, 0.2) is 0 Å². The van der Waals surface area contributed by atoms with Crippen molar-refractivity contribution in [2.45, 2.75) is 44.7 Å². The number of nitrogens with two attached hydrogens (primary N) is 1. The van der Waals surface area contributed by atoms with E-state index in [2.05, 4.69) is 19.7 Å². The van der Waals surface area contributed by atoms with Gasteiger partial charge in [-0.2, -0.15) is 0 Å². The molecule has 3 heterocycles. The molecule has 1 amide bonds. The van der Waals surface area contributed by atoms with Gasteiger partial charge in [-0.25, -0.2) is 0 Å². The normalized spacial score (nSPS) is 23.0. The van der Waals surface area contributed by atoms with Crippen molar-refractivity contribution in [2.24, 2.45) is 12.8 Å². The second-order valence-corrected chi connectivity index (χ2v) is 7.73. The van der Waals surface area contributed by atoms with Gasteiger partial charge in [0.05, 0.1) is 25.3 Å². The average molecular weight is 350 g/mol. The topological polar surface area (TPSA) is 89.5 Å². The molecular formula is C17H30N6O2. The van der Waals surface area contributed by atoms with Crippen LogP contribution in [0, 0.1) is 0 Å². The molecule has 2 N–H and O–H groups in total. The highest BCUT2D eigenvalue weighted by Gasteiger charge is 2.33. The summed E-state index contributed by atoms with van der Waals surface area (Å²) in [5.74, 6) is 2.17. The maximum Gasteiger partial charge on any atom is 0.242 e. The minimum Gasteiger partial charge on any atom is -0.379 e. The van der Waals surface area contributed by atoms with Crippen LogP contribution >= 0.6 is 0 Å². The Labute approximate surface area is 149 Å². The number of hydrogen-bond donors (Lipinski definition) is 1. The van der Waals surface area contributed by atoms with Crippen molar-refractivity contribution in [3.63, 3.8) is 0 Å². The van der Waals surface area contributed by atoms with Gasteiger partial charge >= 0.3 is 0 Å². The van der Waals surface area contributed by atoms with Crippen LogP contribution in [0.15, 0.2) is 0 Å². The minimum absolute atomic E-state index is 0.00732. The van der Waals surface area contributed by atoms with Crippen molar-refractivity contribution in [1.82, 2.24) is 24.6 Å². The molecule has 140 valence electrons. The Morgan fingerprint density at radius 1 is 1.28 bits per heavy atom. The summed E-state index contributed by atoms with van der Waals surface area (Å²) >= 11 is 0. The molecular weight excluding hydrogens is 320 g/mol. The van der Waals surface area contributed by atoms with Crippen molar-refractivity contribution in [1.29, 1.82) is 0 Å². The second kappa shape index (κ2) is 7.39. The van der Waals surface area contributed by atoms with Gasteiger partial charge in [0, 0.05) is 39.1 Å². The number of rotatable bonds is 4. The van der Waals surface area contributed by atoms with Crippen LogP contribution in [0.3, 0.4) is 0 Å². The fraction of sp³-hybridized carbons (Fsp3) is 0.824. The van der Waals surface area contributed by atoms with Gasteiger partial charge < -0.3 is 19.9 Å². The zero-order chi connectivity index (χ0) is 18.0. The van der Waals surface area contributed by atoms with Gasteiger partial charge in [0.25, 0.3) is 0 Å². The van der Waals surface area contributed by atoms with Crippen LogP contribution in [0.25, 0.3) is 0 Å². The monoisotopic (exact) mass is 350 g/mol. The number of nitrogens with zero attached hydrogens (tertiary/aromatic N) is 5. The summed E-state index contributed by atoms with van der Waals surface area (Å²) in [4.78, 5) is 16.7. The summed E-state index contributed by atoms with van der Waals surface area (Å²) in [6.45, 7) is 9.18. The quantitative estimate of drug-likeness (QED) is 0.828. The third kappa shape index (κ3) is 4.19. The molecule has 0 spiro atoms. The van der Waals surface area contributed by atoms with E-state index in [1.165, 1.54) is 0 Å². The van der Waals surface area contributed by atoms with E-state index in [1.807, 2.05) is 11.9 Å². The molecule has 1 atom stereocenters. The van der Waals surface area contributed by atoms with Gasteiger partial charge in [-0.05, 0) is 26.7 Å². The molecule has 1 aromatic rings. The smallest absolute Gasteiger partial charge is 0.242 e. The lowest BCUT2D eigenvalue weighted by atomic mass is 9.95. The molecule has 2 saturated heterocycles. The van der Waals surface area contributed by atoms with E-state index in [0.29, 0.717) is 6.54 Å². The molecule has 2 fully saturated rings. The second-order valence-electron chi connectivity index (χ2n) is 7.73. The first kappa shape index (κ1) is 18.3. The van der Waals surface area contributed by atoms with E-state index in [1.54, 1.807) is 13.8 Å². The van der Waals surface area contributed by atoms with Crippen LogP contribution < -0.4 is 5.73 Å². The number of carbonyl (C=O) groups excluding carboxylic acids is 1. The summed E-state index contributed by atoms with van der Waals surface area (Å²) in [6.07, 6.45) is 2.00. The minimum atomic E-state index is -0.830. The molecule has 3 rings (SSSR count). The molecule has 8 heteroatoms. The molecule has 0 radical (unpaired) electrons. The average Bonchev–Trinajstić information content (AvgIpc) is 2.95. The van der Waals surface area contributed by atoms with Crippen molar-refractivity contribution >= 4 is 5.91 Å². The molecule has 0 saturated carbocycles. The Hall–Kier alpha value is -1.51. The lowest BCUT2D eigenvalue weighted by Gasteiger charge is -2.36. The SMILES string of the molecule is Cn1c(CN2CCOCC2)nnc1[C@H]1CCCN(C(=O)C(C)(C)N)C1. The van der Waals surface area contributed by atoms with E-state index in [0.717, 1.165) is 63.9 Å². The number of carbonyl (C=O) groups is 1. The fourth-order valence-electron chi connectivity index (χ4n) is 3.61. The lowest BCUT2D eigenvalue weighted by molar-refractivity contribution is -0.137. The molecule has 1 aromatic heterocycles. The van der Waals surface area contributed by atoms with E-state index in [9.17, 15) is 4.79 Å². The zero-order valence-electron chi connectivity index (χ0n) is 15.6. The first-order valence-electron chi connectivity index (χ1n) is 9.13. The summed E-state index contributed by atoms with van der Waals surface area (Å²) < 4.78 is 7.50. The molecule has 2 aliphatic rings. The number of morpholine rings is 1. The highest BCUT2D eigenvalue weighted by atomic mass is 16.5. The Kier molecular flexibility index (Phi) is 5.41. The summed E-state index contributed by atoms with van der Waals surface area (Å²) in [5, 5.41) is 8.85. The lowest BCUT2D eigenvalue weighted by Crippen LogP contribution is -2.53. The van der Waals surface area contributed by atoms with Crippen LogP contribution in [-0.4, -0.2) is 75.4 Å². The van der Waals surface area contributed by atoms with Crippen LogP contribution in [-0.2, 0) is 23.1 Å². The number of likely N-dealkylation sites (tertiary alicyclic amines) is 1. The summed E-state index contributed by atoms with van der Waals surface area (Å²) in [5.41, 5.74) is 5.16. The Morgan fingerprint density at radius 3 is 2.68 bits per heavy atom. The predicted molar refractivity (Wildman–Crippen MR) is 93.9 cm³/mol. The largest absolute Gasteiger partial charge is 0.379 e. The van der Waals surface area contributed by atoms with Crippen LogP contribution in [0.1, 0.15) is 44.3 Å². The third-order valence-electron chi connectivity index (χ3n) is 5.09. The van der Waals surface area contributed by atoms with Crippen LogP contribution in [0.4, 0.5) is 0 Å². The number of ether oxygens (including phenoxy) is 1. The Balaban J connectivity index is 1.68. The first-order valence-corrected chi connectivity index (χ1v) is 9.13. The maximum absolute atomic E-state index is 12.5. The van der Waals surface area contributed by atoms with Crippen LogP contribution in [0.5, 0.6) is 0 Å². The highest BCUT2D eigenvalue weighted by molar-refractivity contribution is 5.85. The zero-order valence-corrected chi connectivity index (χ0v) is 15.6. The number of amides is 1. The highest BCUT2D eigenvalue weighted by Crippen LogP contribution is 2.27. The van der Waals surface area contributed by atoms with Crippen LogP contribution in [0.2, 0.25) is 0 Å². The third-order valence-corrected chi connectivity index (χ3v) is 5.09. The predicted octanol–water partition coefficient (Wildman–Crippen LogP) is 0.0906. The molecule has 0 unspecified atom stereocenters. The van der Waals surface area contributed by atoms with Crippen molar-refractivity contribution in [3.05, 3.63) is 11.6 Å². The van der Waals surface area contributed by atoms with Crippen molar-refractivity contribution < 1.29 is 9.53 Å².